The second kappa shape index (κ2) is 5.74. The summed E-state index contributed by atoms with van der Waals surface area (Å²) in [5.74, 6) is -0.481. The number of aryl methyl sites for hydroxylation is 1. The molecule has 18 heavy (non-hydrogen) atoms. The molecule has 94 valence electrons. The van der Waals surface area contributed by atoms with Crippen LogP contribution in [-0.4, -0.2) is 10.1 Å². The maximum atomic E-state index is 13.6. The third kappa shape index (κ3) is 2.74. The summed E-state index contributed by atoms with van der Waals surface area (Å²) >= 11 is 0. The minimum atomic E-state index is -1.01. The first-order chi connectivity index (χ1) is 8.72. The zero-order valence-electron chi connectivity index (χ0n) is 10.3. The summed E-state index contributed by atoms with van der Waals surface area (Å²) in [7, 11) is 0. The lowest BCUT2D eigenvalue weighted by Gasteiger charge is -2.12. The minimum Gasteiger partial charge on any atom is -0.382 e. The molecular weight excluding hydrogens is 229 g/mol. The van der Waals surface area contributed by atoms with E-state index in [1.807, 2.05) is 18.2 Å². The Bertz CT molecular complexity index is 527. The molecule has 1 heterocycles. The summed E-state index contributed by atoms with van der Waals surface area (Å²) < 4.78 is 13.6. The third-order valence-corrected chi connectivity index (χ3v) is 2.85. The minimum absolute atomic E-state index is 0.0751. The van der Waals surface area contributed by atoms with Gasteiger partial charge in [0, 0.05) is 6.20 Å². The van der Waals surface area contributed by atoms with Crippen LogP contribution < -0.4 is 0 Å². The van der Waals surface area contributed by atoms with Crippen LogP contribution in [0.3, 0.4) is 0 Å². The van der Waals surface area contributed by atoms with Gasteiger partial charge in [-0.05, 0) is 29.7 Å². The number of hydrogen-bond donors (Lipinski definition) is 1. The molecule has 2 aromatic rings. The summed E-state index contributed by atoms with van der Waals surface area (Å²) in [6, 6.07) is 10.4. The van der Waals surface area contributed by atoms with Crippen LogP contribution >= 0.6 is 0 Å². The largest absolute Gasteiger partial charge is 0.382 e. The number of aliphatic hydroxyl groups excluding tert-OH is 1. The van der Waals surface area contributed by atoms with Crippen LogP contribution in [0.1, 0.15) is 36.3 Å². The van der Waals surface area contributed by atoms with E-state index < -0.39 is 11.9 Å². The van der Waals surface area contributed by atoms with Gasteiger partial charge in [0.05, 0.1) is 0 Å². The van der Waals surface area contributed by atoms with E-state index >= 15 is 0 Å². The zero-order chi connectivity index (χ0) is 13.0. The van der Waals surface area contributed by atoms with Crippen molar-refractivity contribution >= 4 is 0 Å². The lowest BCUT2D eigenvalue weighted by molar-refractivity contribution is 0.209. The zero-order valence-corrected chi connectivity index (χ0v) is 10.3. The molecule has 3 heteroatoms. The normalized spacial score (nSPS) is 12.4. The molecular formula is C15H16FNO. The summed E-state index contributed by atoms with van der Waals surface area (Å²) in [6.07, 6.45) is 2.46. The van der Waals surface area contributed by atoms with E-state index in [1.165, 1.54) is 18.3 Å². The average Bonchev–Trinajstić information content (AvgIpc) is 2.39. The van der Waals surface area contributed by atoms with Gasteiger partial charge in [0.1, 0.15) is 17.6 Å². The Kier molecular flexibility index (Phi) is 4.05. The van der Waals surface area contributed by atoms with E-state index in [9.17, 15) is 9.50 Å². The molecule has 0 aliphatic rings. The Balaban J connectivity index is 2.31. The van der Waals surface area contributed by atoms with E-state index in [4.69, 9.17) is 0 Å². The Morgan fingerprint density at radius 2 is 2.11 bits per heavy atom. The molecule has 0 saturated heterocycles. The number of halogens is 1. The summed E-state index contributed by atoms with van der Waals surface area (Å²) in [5.41, 5.74) is 1.90. The Morgan fingerprint density at radius 1 is 1.28 bits per heavy atom. The molecule has 0 radical (unpaired) electrons. The molecule has 0 aliphatic carbocycles. The number of hydrogen-bond acceptors (Lipinski definition) is 2. The molecule has 1 aromatic heterocycles. The lowest BCUT2D eigenvalue weighted by Crippen LogP contribution is -2.05. The topological polar surface area (TPSA) is 33.1 Å². The smallest absolute Gasteiger partial charge is 0.147 e. The second-order valence-electron chi connectivity index (χ2n) is 4.27. The first-order valence-electron chi connectivity index (χ1n) is 6.09. The van der Waals surface area contributed by atoms with Gasteiger partial charge in [0.2, 0.25) is 0 Å². The molecule has 0 saturated carbocycles. The van der Waals surface area contributed by atoms with E-state index in [0.717, 1.165) is 18.4 Å². The van der Waals surface area contributed by atoms with E-state index in [0.29, 0.717) is 5.56 Å². The van der Waals surface area contributed by atoms with Gasteiger partial charge in [-0.3, -0.25) is 4.98 Å². The molecule has 1 aromatic carbocycles. The van der Waals surface area contributed by atoms with E-state index in [2.05, 4.69) is 11.9 Å². The average molecular weight is 245 g/mol. The number of pyridine rings is 1. The van der Waals surface area contributed by atoms with Gasteiger partial charge in [-0.2, -0.15) is 0 Å². The standard InChI is InChI=1S/C15H16FNO/c1-2-5-11-6-3-7-12(10-11)15(18)14-13(16)8-4-9-17-14/h3-4,6-10,15,18H,2,5H2,1H3. The highest BCUT2D eigenvalue weighted by Gasteiger charge is 2.16. The SMILES string of the molecule is CCCc1cccc(C(O)c2ncccc2F)c1. The molecule has 0 amide bonds. The Labute approximate surface area is 106 Å². The highest BCUT2D eigenvalue weighted by molar-refractivity contribution is 5.30. The number of aliphatic hydroxyl groups is 1. The summed E-state index contributed by atoms with van der Waals surface area (Å²) in [4.78, 5) is 3.91. The van der Waals surface area contributed by atoms with Gasteiger partial charge in [-0.1, -0.05) is 37.6 Å². The molecule has 1 unspecified atom stereocenters. The van der Waals surface area contributed by atoms with Gasteiger partial charge in [-0.15, -0.1) is 0 Å². The molecule has 2 rings (SSSR count). The van der Waals surface area contributed by atoms with Gasteiger partial charge in [-0.25, -0.2) is 4.39 Å². The van der Waals surface area contributed by atoms with Crippen LogP contribution in [-0.2, 0) is 6.42 Å². The fourth-order valence-corrected chi connectivity index (χ4v) is 1.96. The molecule has 1 N–H and O–H groups in total. The quantitative estimate of drug-likeness (QED) is 0.896. The summed E-state index contributed by atoms with van der Waals surface area (Å²) in [6.45, 7) is 2.10. The lowest BCUT2D eigenvalue weighted by atomic mass is 10.0. The van der Waals surface area contributed by atoms with E-state index in [-0.39, 0.29) is 5.69 Å². The van der Waals surface area contributed by atoms with Gasteiger partial charge in [0.15, 0.2) is 0 Å². The van der Waals surface area contributed by atoms with Crippen LogP contribution in [0.5, 0.6) is 0 Å². The van der Waals surface area contributed by atoms with Crippen LogP contribution in [0.15, 0.2) is 42.6 Å². The number of rotatable bonds is 4. The molecule has 1 atom stereocenters. The monoisotopic (exact) mass is 245 g/mol. The van der Waals surface area contributed by atoms with Crippen LogP contribution in [0, 0.1) is 5.82 Å². The highest BCUT2D eigenvalue weighted by Crippen LogP contribution is 2.23. The number of aromatic nitrogens is 1. The van der Waals surface area contributed by atoms with Crippen molar-refractivity contribution in [3.63, 3.8) is 0 Å². The number of nitrogens with zero attached hydrogens (tertiary/aromatic N) is 1. The van der Waals surface area contributed by atoms with Crippen molar-refractivity contribution in [3.8, 4) is 0 Å². The Hall–Kier alpha value is -1.74. The van der Waals surface area contributed by atoms with Crippen LogP contribution in [0.2, 0.25) is 0 Å². The van der Waals surface area contributed by atoms with Crippen molar-refractivity contribution in [3.05, 3.63) is 65.2 Å². The van der Waals surface area contributed by atoms with Crippen molar-refractivity contribution in [2.45, 2.75) is 25.9 Å². The van der Waals surface area contributed by atoms with Crippen molar-refractivity contribution < 1.29 is 9.50 Å². The van der Waals surface area contributed by atoms with Crippen LogP contribution in [0.25, 0.3) is 0 Å². The molecule has 2 nitrogen and oxygen atoms in total. The van der Waals surface area contributed by atoms with E-state index in [1.54, 1.807) is 6.07 Å². The molecule has 0 bridgehead atoms. The first-order valence-corrected chi connectivity index (χ1v) is 6.09. The maximum Gasteiger partial charge on any atom is 0.147 e. The number of benzene rings is 1. The van der Waals surface area contributed by atoms with Gasteiger partial charge >= 0.3 is 0 Å². The first kappa shape index (κ1) is 12.7. The maximum absolute atomic E-state index is 13.6. The fourth-order valence-electron chi connectivity index (χ4n) is 1.96. The fraction of sp³-hybridized carbons (Fsp3) is 0.267. The predicted molar refractivity (Wildman–Crippen MR) is 68.7 cm³/mol. The van der Waals surface area contributed by atoms with Gasteiger partial charge < -0.3 is 5.11 Å². The molecule has 0 spiro atoms. The second-order valence-corrected chi connectivity index (χ2v) is 4.27. The van der Waals surface area contributed by atoms with Crippen LogP contribution in [0.4, 0.5) is 4.39 Å². The van der Waals surface area contributed by atoms with Crippen molar-refractivity contribution in [1.29, 1.82) is 0 Å². The predicted octanol–water partition coefficient (Wildman–Crippen LogP) is 3.25. The highest BCUT2D eigenvalue weighted by atomic mass is 19.1. The van der Waals surface area contributed by atoms with Gasteiger partial charge in [0.25, 0.3) is 0 Å². The Morgan fingerprint density at radius 3 is 2.83 bits per heavy atom. The van der Waals surface area contributed by atoms with Crippen molar-refractivity contribution in [2.75, 3.05) is 0 Å². The van der Waals surface area contributed by atoms with Crippen molar-refractivity contribution in [2.24, 2.45) is 0 Å². The molecule has 0 fully saturated rings. The summed E-state index contributed by atoms with van der Waals surface area (Å²) in [5, 5.41) is 10.2. The molecule has 0 aliphatic heterocycles. The third-order valence-electron chi connectivity index (χ3n) is 2.85. The van der Waals surface area contributed by atoms with Crippen molar-refractivity contribution in [1.82, 2.24) is 4.98 Å².